The monoisotopic (exact) mass is 186 g/mol. The van der Waals surface area contributed by atoms with Gasteiger partial charge in [-0.05, 0) is 19.4 Å². The molecule has 1 saturated carbocycles. The van der Waals surface area contributed by atoms with E-state index < -0.39 is 0 Å². The second kappa shape index (κ2) is 4.77. The first-order chi connectivity index (χ1) is 5.74. The summed E-state index contributed by atoms with van der Waals surface area (Å²) in [5.74, 6) is 0. The zero-order valence-corrected chi connectivity index (χ0v) is 8.57. The van der Waals surface area contributed by atoms with Crippen molar-refractivity contribution in [3.8, 4) is 0 Å². The van der Waals surface area contributed by atoms with Crippen LogP contribution < -0.4 is 5.73 Å². The lowest BCUT2D eigenvalue weighted by molar-refractivity contribution is 0.239. The molecule has 0 aromatic carbocycles. The van der Waals surface area contributed by atoms with Crippen LogP contribution in [0.3, 0.4) is 0 Å². The lowest BCUT2D eigenvalue weighted by Gasteiger charge is -2.26. The van der Waals surface area contributed by atoms with Crippen molar-refractivity contribution >= 4 is 17.2 Å². The van der Waals surface area contributed by atoms with Gasteiger partial charge in [0.15, 0.2) is 0 Å². The summed E-state index contributed by atoms with van der Waals surface area (Å²) in [5.41, 5.74) is 5.53. The molecule has 70 valence electrons. The molecule has 12 heavy (non-hydrogen) atoms. The molecule has 0 aromatic heterocycles. The molecule has 1 rings (SSSR count). The van der Waals surface area contributed by atoms with E-state index in [1.54, 1.807) is 0 Å². The maximum absolute atomic E-state index is 5.53. The first kappa shape index (κ1) is 9.93. The Balaban J connectivity index is 2.37. The lowest BCUT2D eigenvalue weighted by atomic mass is 10.2. The summed E-state index contributed by atoms with van der Waals surface area (Å²) >= 11 is 4.91. The molecule has 3 heteroatoms. The summed E-state index contributed by atoms with van der Waals surface area (Å²) in [6, 6.07) is 0.747. The van der Waals surface area contributed by atoms with Gasteiger partial charge in [0, 0.05) is 12.6 Å². The largest absolute Gasteiger partial charge is 0.392 e. The predicted molar refractivity (Wildman–Crippen MR) is 56.3 cm³/mol. The van der Waals surface area contributed by atoms with Crippen LogP contribution >= 0.6 is 12.2 Å². The molecule has 2 N–H and O–H groups in total. The maximum atomic E-state index is 5.53. The first-order valence-corrected chi connectivity index (χ1v) is 5.17. The summed E-state index contributed by atoms with van der Waals surface area (Å²) in [6.45, 7) is 4.05. The van der Waals surface area contributed by atoms with E-state index in [9.17, 15) is 0 Å². The van der Waals surface area contributed by atoms with Gasteiger partial charge in [-0.25, -0.2) is 0 Å². The van der Waals surface area contributed by atoms with Crippen LogP contribution in [-0.2, 0) is 0 Å². The molecular formula is C9H18N2S. The molecule has 0 radical (unpaired) electrons. The third-order valence-electron chi connectivity index (χ3n) is 2.61. The van der Waals surface area contributed by atoms with Crippen molar-refractivity contribution in [1.29, 1.82) is 0 Å². The molecule has 2 nitrogen and oxygen atoms in total. The average molecular weight is 186 g/mol. The van der Waals surface area contributed by atoms with Gasteiger partial charge in [-0.2, -0.15) is 0 Å². The number of hydrogen-bond donors (Lipinski definition) is 1. The Bertz CT molecular complexity index is 153. The summed E-state index contributed by atoms with van der Waals surface area (Å²) in [4.78, 5) is 3.03. The van der Waals surface area contributed by atoms with E-state index >= 15 is 0 Å². The summed E-state index contributed by atoms with van der Waals surface area (Å²) < 4.78 is 0. The van der Waals surface area contributed by atoms with Crippen LogP contribution in [-0.4, -0.2) is 29.0 Å². The highest BCUT2D eigenvalue weighted by Gasteiger charge is 2.21. The Morgan fingerprint density at radius 2 is 2.08 bits per heavy atom. The van der Waals surface area contributed by atoms with Crippen LogP contribution in [0.5, 0.6) is 0 Å². The van der Waals surface area contributed by atoms with Crippen LogP contribution in [0.25, 0.3) is 0 Å². The van der Waals surface area contributed by atoms with Crippen molar-refractivity contribution in [2.75, 3.05) is 13.1 Å². The number of rotatable bonds is 4. The number of likely N-dealkylation sites (N-methyl/N-ethyl adjacent to an activating group) is 1. The molecule has 0 heterocycles. The second-order valence-corrected chi connectivity index (χ2v) is 3.99. The van der Waals surface area contributed by atoms with Crippen molar-refractivity contribution in [2.24, 2.45) is 5.73 Å². The van der Waals surface area contributed by atoms with Crippen molar-refractivity contribution in [1.82, 2.24) is 4.90 Å². The van der Waals surface area contributed by atoms with Gasteiger partial charge < -0.3 is 5.73 Å². The number of nitrogens with two attached hydrogens (primary N) is 1. The van der Waals surface area contributed by atoms with E-state index in [1.165, 1.54) is 25.7 Å². The lowest BCUT2D eigenvalue weighted by Crippen LogP contribution is -2.39. The van der Waals surface area contributed by atoms with Crippen LogP contribution in [0.1, 0.15) is 32.6 Å². The molecule has 0 aliphatic heterocycles. The number of hydrogen-bond acceptors (Lipinski definition) is 2. The molecule has 0 aromatic rings. The number of nitrogens with zero attached hydrogens (tertiary/aromatic N) is 1. The molecule has 0 amide bonds. The van der Waals surface area contributed by atoms with Crippen molar-refractivity contribution < 1.29 is 0 Å². The molecule has 1 aliphatic rings. The van der Waals surface area contributed by atoms with Crippen molar-refractivity contribution in [3.05, 3.63) is 0 Å². The average Bonchev–Trinajstić information content (AvgIpc) is 2.51. The van der Waals surface area contributed by atoms with E-state index in [0.29, 0.717) is 4.99 Å². The first-order valence-electron chi connectivity index (χ1n) is 4.76. The van der Waals surface area contributed by atoms with E-state index in [-0.39, 0.29) is 0 Å². The third kappa shape index (κ3) is 2.72. The summed E-state index contributed by atoms with van der Waals surface area (Å²) in [5, 5.41) is 0. The Hall–Kier alpha value is -0.150. The fourth-order valence-corrected chi connectivity index (χ4v) is 2.13. The molecule has 0 saturated heterocycles. The molecule has 0 spiro atoms. The Morgan fingerprint density at radius 3 is 2.50 bits per heavy atom. The predicted octanol–water partition coefficient (Wildman–Crippen LogP) is 1.54. The molecule has 1 fully saturated rings. The van der Waals surface area contributed by atoms with Crippen LogP contribution in [0, 0.1) is 0 Å². The third-order valence-corrected chi connectivity index (χ3v) is 2.74. The van der Waals surface area contributed by atoms with Gasteiger partial charge in [0.25, 0.3) is 0 Å². The van der Waals surface area contributed by atoms with Gasteiger partial charge in [0.1, 0.15) is 0 Å². The molecule has 0 unspecified atom stereocenters. The molecule has 0 bridgehead atoms. The highest BCUT2D eigenvalue weighted by atomic mass is 32.1. The highest BCUT2D eigenvalue weighted by Crippen LogP contribution is 2.22. The van der Waals surface area contributed by atoms with Crippen molar-refractivity contribution in [2.45, 2.75) is 38.6 Å². The van der Waals surface area contributed by atoms with Gasteiger partial charge in [0.2, 0.25) is 0 Å². The van der Waals surface area contributed by atoms with E-state index in [2.05, 4.69) is 11.8 Å². The fourth-order valence-electron chi connectivity index (χ4n) is 1.97. The van der Waals surface area contributed by atoms with Crippen LogP contribution in [0.15, 0.2) is 0 Å². The van der Waals surface area contributed by atoms with Gasteiger partial charge in [-0.1, -0.05) is 32.0 Å². The highest BCUT2D eigenvalue weighted by molar-refractivity contribution is 7.80. The number of thiocarbonyl (C=S) groups is 1. The zero-order valence-electron chi connectivity index (χ0n) is 7.75. The summed E-state index contributed by atoms with van der Waals surface area (Å²) in [7, 11) is 0. The van der Waals surface area contributed by atoms with Gasteiger partial charge >= 0.3 is 0 Å². The smallest absolute Gasteiger partial charge is 0.0870 e. The molecule has 1 aliphatic carbocycles. The van der Waals surface area contributed by atoms with Crippen LogP contribution in [0.2, 0.25) is 0 Å². The van der Waals surface area contributed by atoms with Crippen molar-refractivity contribution in [3.63, 3.8) is 0 Å². The van der Waals surface area contributed by atoms with E-state index in [4.69, 9.17) is 18.0 Å². The molecule has 0 atom stereocenters. The Kier molecular flexibility index (Phi) is 3.95. The Labute approximate surface area is 80.1 Å². The fraction of sp³-hybridized carbons (Fsp3) is 0.889. The minimum Gasteiger partial charge on any atom is -0.392 e. The SMILES string of the molecule is CCN(CC(N)=S)C1CCCC1. The maximum Gasteiger partial charge on any atom is 0.0870 e. The van der Waals surface area contributed by atoms with Gasteiger partial charge in [-0.15, -0.1) is 0 Å². The minimum atomic E-state index is 0.628. The van der Waals surface area contributed by atoms with E-state index in [0.717, 1.165) is 19.1 Å². The second-order valence-electron chi connectivity index (χ2n) is 3.47. The normalized spacial score (nSPS) is 18.8. The van der Waals surface area contributed by atoms with Gasteiger partial charge in [-0.3, -0.25) is 4.90 Å². The van der Waals surface area contributed by atoms with E-state index in [1.807, 2.05) is 0 Å². The van der Waals surface area contributed by atoms with Crippen LogP contribution in [0.4, 0.5) is 0 Å². The Morgan fingerprint density at radius 1 is 1.50 bits per heavy atom. The molecular weight excluding hydrogens is 168 g/mol. The standard InChI is InChI=1S/C9H18N2S/c1-2-11(7-9(10)12)8-5-3-4-6-8/h8H,2-7H2,1H3,(H2,10,12). The minimum absolute atomic E-state index is 0.628. The quantitative estimate of drug-likeness (QED) is 0.675. The zero-order chi connectivity index (χ0) is 8.97. The topological polar surface area (TPSA) is 29.3 Å². The summed E-state index contributed by atoms with van der Waals surface area (Å²) in [6.07, 6.45) is 5.41. The van der Waals surface area contributed by atoms with Gasteiger partial charge in [0.05, 0.1) is 4.99 Å².